The van der Waals surface area contributed by atoms with E-state index in [1.165, 1.54) is 33.1 Å². The Kier molecular flexibility index (Phi) is 4.58. The molecule has 0 aromatic carbocycles. The zero-order valence-electron chi connectivity index (χ0n) is 15.8. The molecule has 3 aromatic rings. The Labute approximate surface area is 161 Å². The van der Waals surface area contributed by atoms with Crippen molar-refractivity contribution in [2.24, 2.45) is 7.05 Å². The summed E-state index contributed by atoms with van der Waals surface area (Å²) in [5, 5.41) is 8.01. The van der Waals surface area contributed by atoms with Gasteiger partial charge in [-0.3, -0.25) is 0 Å². The van der Waals surface area contributed by atoms with E-state index in [0.717, 1.165) is 5.56 Å². The standard InChI is InChI=1S/C17H21FN6O3S/c1-11-13(9-24-16(15(11)18)19-10-21-24)12-4-6-23(7-5-12)28(25,26)14-8-20-22(2)17(14)27-3/h8-10,12H,4-7H2,1-3H3. The van der Waals surface area contributed by atoms with Gasteiger partial charge in [-0.25, -0.2) is 27.0 Å². The van der Waals surface area contributed by atoms with E-state index < -0.39 is 10.0 Å². The number of hydrogen-bond donors (Lipinski definition) is 0. The van der Waals surface area contributed by atoms with E-state index in [0.29, 0.717) is 31.5 Å². The molecule has 1 aliphatic rings. The number of sulfonamides is 1. The van der Waals surface area contributed by atoms with Crippen molar-refractivity contribution in [2.45, 2.75) is 30.6 Å². The average Bonchev–Trinajstić information content (AvgIpc) is 3.31. The molecule has 0 radical (unpaired) electrons. The highest BCUT2D eigenvalue weighted by Gasteiger charge is 2.34. The van der Waals surface area contributed by atoms with Crippen molar-refractivity contribution in [3.63, 3.8) is 0 Å². The van der Waals surface area contributed by atoms with Gasteiger partial charge >= 0.3 is 0 Å². The van der Waals surface area contributed by atoms with Crippen molar-refractivity contribution in [3.8, 4) is 5.88 Å². The number of piperidine rings is 1. The van der Waals surface area contributed by atoms with Crippen LogP contribution >= 0.6 is 0 Å². The molecule has 4 rings (SSSR count). The summed E-state index contributed by atoms with van der Waals surface area (Å²) >= 11 is 0. The maximum Gasteiger partial charge on any atom is 0.250 e. The molecule has 0 aliphatic carbocycles. The Morgan fingerprint density at radius 2 is 1.96 bits per heavy atom. The highest BCUT2D eigenvalue weighted by Crippen LogP contribution is 2.35. The number of rotatable bonds is 4. The van der Waals surface area contributed by atoms with Gasteiger partial charge in [0.05, 0.1) is 13.3 Å². The van der Waals surface area contributed by atoms with Gasteiger partial charge in [-0.2, -0.15) is 14.5 Å². The second-order valence-corrected chi connectivity index (χ2v) is 8.78. The number of nitrogens with zero attached hydrogens (tertiary/aromatic N) is 6. The quantitative estimate of drug-likeness (QED) is 0.649. The molecular weight excluding hydrogens is 387 g/mol. The number of fused-ring (bicyclic) bond motifs is 1. The van der Waals surface area contributed by atoms with Gasteiger partial charge in [0.25, 0.3) is 0 Å². The second-order valence-electron chi connectivity index (χ2n) is 6.87. The lowest BCUT2D eigenvalue weighted by Crippen LogP contribution is -2.38. The van der Waals surface area contributed by atoms with Crippen molar-refractivity contribution in [3.05, 3.63) is 35.7 Å². The summed E-state index contributed by atoms with van der Waals surface area (Å²) in [4.78, 5) is 3.99. The summed E-state index contributed by atoms with van der Waals surface area (Å²) in [6.07, 6.45) is 5.58. The fraction of sp³-hybridized carbons (Fsp3) is 0.471. The van der Waals surface area contributed by atoms with E-state index in [-0.39, 0.29) is 28.2 Å². The van der Waals surface area contributed by atoms with Crippen LogP contribution in [0.1, 0.15) is 29.9 Å². The third-order valence-electron chi connectivity index (χ3n) is 5.35. The van der Waals surface area contributed by atoms with E-state index >= 15 is 0 Å². The van der Waals surface area contributed by atoms with Gasteiger partial charge < -0.3 is 4.74 Å². The first kappa shape index (κ1) is 18.8. The molecule has 9 nitrogen and oxygen atoms in total. The Bertz CT molecular complexity index is 1130. The first-order valence-electron chi connectivity index (χ1n) is 8.89. The lowest BCUT2D eigenvalue weighted by molar-refractivity contribution is 0.314. The summed E-state index contributed by atoms with van der Waals surface area (Å²) in [6.45, 7) is 2.39. The molecule has 1 aliphatic heterocycles. The van der Waals surface area contributed by atoms with Crippen LogP contribution in [0.25, 0.3) is 5.65 Å². The minimum atomic E-state index is -3.71. The molecule has 0 bridgehead atoms. The third-order valence-corrected chi connectivity index (χ3v) is 7.23. The SMILES string of the molecule is COc1c(S(=O)(=O)N2CCC(c3cn4ncnc4c(F)c3C)CC2)cnn1C. The van der Waals surface area contributed by atoms with Crippen molar-refractivity contribution in [1.82, 2.24) is 28.7 Å². The molecule has 0 amide bonds. The molecule has 0 unspecified atom stereocenters. The lowest BCUT2D eigenvalue weighted by Gasteiger charge is -2.31. The number of pyridine rings is 1. The van der Waals surface area contributed by atoms with Crippen molar-refractivity contribution < 1.29 is 17.5 Å². The van der Waals surface area contributed by atoms with Gasteiger partial charge in [0.1, 0.15) is 6.33 Å². The first-order valence-corrected chi connectivity index (χ1v) is 10.3. The van der Waals surface area contributed by atoms with Crippen LogP contribution in [-0.2, 0) is 17.1 Å². The number of hydrogen-bond acceptors (Lipinski definition) is 6. The molecule has 1 fully saturated rings. The van der Waals surface area contributed by atoms with E-state index in [9.17, 15) is 12.8 Å². The normalized spacial score (nSPS) is 16.7. The van der Waals surface area contributed by atoms with Gasteiger partial charge in [0.2, 0.25) is 15.9 Å². The topological polar surface area (TPSA) is 94.6 Å². The Hall–Kier alpha value is -2.53. The molecule has 150 valence electrons. The first-order chi connectivity index (χ1) is 13.3. The predicted octanol–water partition coefficient (Wildman–Crippen LogP) is 1.49. The number of aryl methyl sites for hydroxylation is 1. The predicted molar refractivity (Wildman–Crippen MR) is 98.2 cm³/mol. The Morgan fingerprint density at radius 3 is 2.64 bits per heavy atom. The lowest BCUT2D eigenvalue weighted by atomic mass is 9.88. The van der Waals surface area contributed by atoms with Crippen LogP contribution in [0.3, 0.4) is 0 Å². The smallest absolute Gasteiger partial charge is 0.250 e. The van der Waals surface area contributed by atoms with E-state index in [1.54, 1.807) is 20.2 Å². The number of ether oxygens (including phenoxy) is 1. The van der Waals surface area contributed by atoms with Crippen LogP contribution in [0.4, 0.5) is 4.39 Å². The molecule has 28 heavy (non-hydrogen) atoms. The van der Waals surface area contributed by atoms with E-state index in [2.05, 4.69) is 15.2 Å². The molecule has 0 saturated carbocycles. The maximum atomic E-state index is 14.6. The fourth-order valence-electron chi connectivity index (χ4n) is 3.80. The maximum absolute atomic E-state index is 14.6. The molecule has 3 aromatic heterocycles. The van der Waals surface area contributed by atoms with Crippen molar-refractivity contribution in [1.29, 1.82) is 0 Å². The number of methoxy groups -OCH3 is 1. The third kappa shape index (κ3) is 2.85. The van der Waals surface area contributed by atoms with E-state index in [1.807, 2.05) is 0 Å². The highest BCUT2D eigenvalue weighted by atomic mass is 32.2. The minimum Gasteiger partial charge on any atom is -0.480 e. The van der Waals surface area contributed by atoms with Crippen LogP contribution in [-0.4, -0.2) is 57.3 Å². The average molecular weight is 408 g/mol. The fourth-order valence-corrected chi connectivity index (χ4v) is 5.38. The molecule has 0 atom stereocenters. The monoisotopic (exact) mass is 408 g/mol. The van der Waals surface area contributed by atoms with Gasteiger partial charge in [0, 0.05) is 26.3 Å². The zero-order chi connectivity index (χ0) is 20.1. The molecule has 0 spiro atoms. The summed E-state index contributed by atoms with van der Waals surface area (Å²) in [7, 11) is -0.667. The molecule has 4 heterocycles. The van der Waals surface area contributed by atoms with Crippen molar-refractivity contribution >= 4 is 15.7 Å². The molecule has 11 heteroatoms. The summed E-state index contributed by atoms with van der Waals surface area (Å²) in [5.74, 6) is -0.132. The van der Waals surface area contributed by atoms with Crippen LogP contribution in [0.2, 0.25) is 0 Å². The summed E-state index contributed by atoms with van der Waals surface area (Å²) < 4.78 is 50.0. The van der Waals surface area contributed by atoms with Crippen LogP contribution in [0, 0.1) is 12.7 Å². The highest BCUT2D eigenvalue weighted by molar-refractivity contribution is 7.89. The zero-order valence-corrected chi connectivity index (χ0v) is 16.6. The summed E-state index contributed by atoms with van der Waals surface area (Å²) in [6, 6.07) is 0. The Balaban J connectivity index is 1.57. The van der Waals surface area contributed by atoms with Gasteiger partial charge in [0.15, 0.2) is 16.4 Å². The van der Waals surface area contributed by atoms with Gasteiger partial charge in [-0.05, 0) is 36.8 Å². The van der Waals surface area contributed by atoms with Crippen molar-refractivity contribution in [2.75, 3.05) is 20.2 Å². The summed E-state index contributed by atoms with van der Waals surface area (Å²) in [5.41, 5.74) is 1.58. The van der Waals surface area contributed by atoms with Crippen LogP contribution in [0.5, 0.6) is 5.88 Å². The van der Waals surface area contributed by atoms with E-state index in [4.69, 9.17) is 4.74 Å². The molecule has 0 N–H and O–H groups in total. The number of halogens is 1. The van der Waals surface area contributed by atoms with Crippen LogP contribution in [0.15, 0.2) is 23.6 Å². The largest absolute Gasteiger partial charge is 0.480 e. The van der Waals surface area contributed by atoms with Gasteiger partial charge in [-0.15, -0.1) is 0 Å². The van der Waals surface area contributed by atoms with Gasteiger partial charge in [-0.1, -0.05) is 0 Å². The minimum absolute atomic E-state index is 0.0466. The second kappa shape index (κ2) is 6.82. The van der Waals surface area contributed by atoms with Crippen LogP contribution < -0.4 is 4.74 Å². The number of aromatic nitrogens is 5. The molecular formula is C17H21FN6O3S. The Morgan fingerprint density at radius 1 is 1.25 bits per heavy atom. The molecule has 1 saturated heterocycles.